The number of benzene rings is 2. The van der Waals surface area contributed by atoms with Gasteiger partial charge in [-0.2, -0.15) is 0 Å². The second kappa shape index (κ2) is 7.82. The molecule has 0 saturated heterocycles. The Labute approximate surface area is 161 Å². The highest BCUT2D eigenvalue weighted by Crippen LogP contribution is 2.31. The zero-order valence-corrected chi connectivity index (χ0v) is 16.5. The summed E-state index contributed by atoms with van der Waals surface area (Å²) < 4.78 is 0. The summed E-state index contributed by atoms with van der Waals surface area (Å²) in [6.45, 7) is 5.45. The Hall–Kier alpha value is -2.82. The molecule has 5 nitrogen and oxygen atoms in total. The van der Waals surface area contributed by atoms with Crippen LogP contribution in [0, 0.1) is 13.8 Å². The molecule has 0 saturated carbocycles. The molecule has 27 heavy (non-hydrogen) atoms. The van der Waals surface area contributed by atoms with Crippen molar-refractivity contribution in [1.29, 1.82) is 0 Å². The Morgan fingerprint density at radius 1 is 1.11 bits per heavy atom. The summed E-state index contributed by atoms with van der Waals surface area (Å²) in [5.74, 6) is -0.0990. The lowest BCUT2D eigenvalue weighted by atomic mass is 9.96. The second-order valence-corrected chi connectivity index (χ2v) is 7.44. The van der Waals surface area contributed by atoms with E-state index < -0.39 is 0 Å². The lowest BCUT2D eigenvalue weighted by Gasteiger charge is -2.32. The van der Waals surface area contributed by atoms with E-state index in [4.69, 9.17) is 0 Å². The Kier molecular flexibility index (Phi) is 5.49. The van der Waals surface area contributed by atoms with Gasteiger partial charge in [0, 0.05) is 37.6 Å². The van der Waals surface area contributed by atoms with E-state index in [1.54, 1.807) is 38.4 Å². The minimum absolute atomic E-state index is 0.0467. The minimum Gasteiger partial charge on any atom is -0.362 e. The number of anilines is 2. The first-order chi connectivity index (χ1) is 12.8. The highest BCUT2D eigenvalue weighted by atomic mass is 16.2. The molecular formula is C22H27N3O2. The second-order valence-electron chi connectivity index (χ2n) is 7.44. The van der Waals surface area contributed by atoms with Crippen LogP contribution in [0.15, 0.2) is 36.4 Å². The van der Waals surface area contributed by atoms with Gasteiger partial charge >= 0.3 is 0 Å². The summed E-state index contributed by atoms with van der Waals surface area (Å²) in [4.78, 5) is 28.2. The molecule has 0 fully saturated rings. The van der Waals surface area contributed by atoms with E-state index in [0.29, 0.717) is 17.8 Å². The first-order valence-corrected chi connectivity index (χ1v) is 9.32. The van der Waals surface area contributed by atoms with Crippen LogP contribution in [0.25, 0.3) is 0 Å². The van der Waals surface area contributed by atoms with E-state index in [1.807, 2.05) is 0 Å². The monoisotopic (exact) mass is 365 g/mol. The molecule has 0 aliphatic carbocycles. The van der Waals surface area contributed by atoms with Crippen molar-refractivity contribution in [1.82, 2.24) is 4.90 Å². The molecule has 0 aromatic heterocycles. The third kappa shape index (κ3) is 4.30. The van der Waals surface area contributed by atoms with Crippen LogP contribution in [0.2, 0.25) is 0 Å². The largest absolute Gasteiger partial charge is 0.362 e. The van der Waals surface area contributed by atoms with Gasteiger partial charge in [0.2, 0.25) is 5.91 Å². The number of hydrogen-bond acceptors (Lipinski definition) is 3. The quantitative estimate of drug-likeness (QED) is 0.903. The van der Waals surface area contributed by atoms with Gasteiger partial charge in [0.15, 0.2) is 0 Å². The van der Waals surface area contributed by atoms with Gasteiger partial charge in [-0.1, -0.05) is 17.7 Å². The number of fused-ring (bicyclic) bond motifs is 1. The first-order valence-electron chi connectivity index (χ1n) is 9.32. The maximum absolute atomic E-state index is 12.6. The van der Waals surface area contributed by atoms with Crippen molar-refractivity contribution in [3.63, 3.8) is 0 Å². The minimum atomic E-state index is -0.0523. The maximum Gasteiger partial charge on any atom is 0.253 e. The topological polar surface area (TPSA) is 52.7 Å². The van der Waals surface area contributed by atoms with Crippen LogP contribution >= 0.6 is 0 Å². The molecule has 0 spiro atoms. The van der Waals surface area contributed by atoms with Crippen molar-refractivity contribution in [3.05, 3.63) is 58.7 Å². The number of carbonyl (C=O) groups excluding carboxylic acids is 2. The van der Waals surface area contributed by atoms with Crippen LogP contribution in [0.4, 0.5) is 11.4 Å². The SMILES string of the molecule is Cc1cc(C)c2c(c1)CCCN2CC(=O)Nc1ccc(C(=O)N(C)C)cc1. The van der Waals surface area contributed by atoms with Crippen molar-refractivity contribution in [2.24, 2.45) is 0 Å². The van der Waals surface area contributed by atoms with E-state index in [9.17, 15) is 9.59 Å². The average Bonchev–Trinajstić information content (AvgIpc) is 2.61. The average molecular weight is 365 g/mol. The summed E-state index contributed by atoms with van der Waals surface area (Å²) in [5, 5.41) is 2.94. The van der Waals surface area contributed by atoms with Crippen molar-refractivity contribution in [3.8, 4) is 0 Å². The Balaban J connectivity index is 1.68. The summed E-state index contributed by atoms with van der Waals surface area (Å²) in [6.07, 6.45) is 2.13. The van der Waals surface area contributed by atoms with Gasteiger partial charge in [-0.3, -0.25) is 9.59 Å². The molecule has 0 bridgehead atoms. The summed E-state index contributed by atoms with van der Waals surface area (Å²) >= 11 is 0. The van der Waals surface area contributed by atoms with Crippen LogP contribution in [0.5, 0.6) is 0 Å². The lowest BCUT2D eigenvalue weighted by molar-refractivity contribution is -0.115. The number of carbonyl (C=O) groups is 2. The zero-order chi connectivity index (χ0) is 19.6. The fourth-order valence-corrected chi connectivity index (χ4v) is 3.75. The molecule has 0 unspecified atom stereocenters. The fourth-order valence-electron chi connectivity index (χ4n) is 3.75. The molecule has 2 aromatic carbocycles. The predicted molar refractivity (Wildman–Crippen MR) is 110 cm³/mol. The summed E-state index contributed by atoms with van der Waals surface area (Å²) in [6, 6.07) is 11.4. The summed E-state index contributed by atoms with van der Waals surface area (Å²) in [7, 11) is 3.44. The van der Waals surface area contributed by atoms with Gasteiger partial charge < -0.3 is 15.1 Å². The van der Waals surface area contributed by atoms with E-state index in [1.165, 1.54) is 27.3 Å². The molecular weight excluding hydrogens is 338 g/mol. The predicted octanol–water partition coefficient (Wildman–Crippen LogP) is 3.40. The third-order valence-electron chi connectivity index (χ3n) is 4.87. The van der Waals surface area contributed by atoms with Gasteiger partial charge in [-0.15, -0.1) is 0 Å². The Bertz CT molecular complexity index is 857. The van der Waals surface area contributed by atoms with Gasteiger partial charge in [0.05, 0.1) is 6.54 Å². The zero-order valence-electron chi connectivity index (χ0n) is 16.5. The highest BCUT2D eigenvalue weighted by Gasteiger charge is 2.21. The Morgan fingerprint density at radius 3 is 2.48 bits per heavy atom. The van der Waals surface area contributed by atoms with E-state index in [0.717, 1.165) is 19.4 Å². The number of aryl methyl sites for hydroxylation is 3. The normalized spacial score (nSPS) is 13.1. The molecule has 0 atom stereocenters. The lowest BCUT2D eigenvalue weighted by Crippen LogP contribution is -2.37. The molecule has 2 amide bonds. The van der Waals surface area contributed by atoms with Crippen LogP contribution in [0.3, 0.4) is 0 Å². The molecule has 1 heterocycles. The van der Waals surface area contributed by atoms with Gasteiger partial charge in [0.25, 0.3) is 5.91 Å². The third-order valence-corrected chi connectivity index (χ3v) is 4.87. The number of rotatable bonds is 4. The van der Waals surface area contributed by atoms with E-state index >= 15 is 0 Å². The smallest absolute Gasteiger partial charge is 0.253 e. The Morgan fingerprint density at radius 2 is 1.81 bits per heavy atom. The van der Waals surface area contributed by atoms with Crippen molar-refractivity contribution in [2.75, 3.05) is 37.4 Å². The molecule has 1 N–H and O–H groups in total. The van der Waals surface area contributed by atoms with Gasteiger partial charge in [0.1, 0.15) is 0 Å². The molecule has 2 aromatic rings. The van der Waals surface area contributed by atoms with Crippen molar-refractivity contribution < 1.29 is 9.59 Å². The molecule has 5 heteroatoms. The summed E-state index contributed by atoms with van der Waals surface area (Å²) in [5.41, 5.74) is 6.34. The van der Waals surface area contributed by atoms with Crippen LogP contribution < -0.4 is 10.2 Å². The maximum atomic E-state index is 12.6. The van der Waals surface area contributed by atoms with Crippen molar-refractivity contribution >= 4 is 23.2 Å². The molecule has 1 aliphatic heterocycles. The number of hydrogen-bond donors (Lipinski definition) is 1. The van der Waals surface area contributed by atoms with Gasteiger partial charge in [-0.05, 0) is 62.1 Å². The highest BCUT2D eigenvalue weighted by molar-refractivity contribution is 5.96. The van der Waals surface area contributed by atoms with Crippen LogP contribution in [0.1, 0.15) is 33.5 Å². The molecule has 0 radical (unpaired) electrons. The van der Waals surface area contributed by atoms with Crippen LogP contribution in [-0.2, 0) is 11.2 Å². The number of nitrogens with one attached hydrogen (secondary N) is 1. The van der Waals surface area contributed by atoms with Gasteiger partial charge in [-0.25, -0.2) is 0 Å². The number of nitrogens with zero attached hydrogens (tertiary/aromatic N) is 2. The van der Waals surface area contributed by atoms with E-state index in [2.05, 4.69) is 36.2 Å². The van der Waals surface area contributed by atoms with E-state index in [-0.39, 0.29) is 11.8 Å². The number of amides is 2. The molecule has 142 valence electrons. The standard InChI is InChI=1S/C22H27N3O2/c1-15-12-16(2)21-18(13-15)6-5-11-25(21)14-20(26)23-19-9-7-17(8-10-19)22(27)24(3)4/h7-10,12-13H,5-6,11,14H2,1-4H3,(H,23,26). The van der Waals surface area contributed by atoms with Crippen LogP contribution in [-0.4, -0.2) is 43.9 Å². The van der Waals surface area contributed by atoms with Crippen molar-refractivity contribution in [2.45, 2.75) is 26.7 Å². The molecule has 1 aliphatic rings. The fraction of sp³-hybridized carbons (Fsp3) is 0.364. The molecule has 3 rings (SSSR count). The first kappa shape index (κ1) is 19.0.